The highest BCUT2D eigenvalue weighted by Gasteiger charge is 2.25. The van der Waals surface area contributed by atoms with Crippen molar-refractivity contribution in [1.82, 2.24) is 5.32 Å². The second-order valence-corrected chi connectivity index (χ2v) is 5.55. The number of aryl methyl sites for hydroxylation is 2. The Labute approximate surface area is 127 Å². The van der Waals surface area contributed by atoms with Crippen molar-refractivity contribution in [3.63, 3.8) is 0 Å². The van der Waals surface area contributed by atoms with E-state index >= 15 is 0 Å². The van der Waals surface area contributed by atoms with Gasteiger partial charge in [-0.2, -0.15) is 0 Å². The van der Waals surface area contributed by atoms with Crippen molar-refractivity contribution in [2.24, 2.45) is 0 Å². The van der Waals surface area contributed by atoms with Gasteiger partial charge in [0.15, 0.2) is 6.61 Å². The highest BCUT2D eigenvalue weighted by molar-refractivity contribution is 5.79. The first-order valence-electron chi connectivity index (χ1n) is 7.66. The van der Waals surface area contributed by atoms with Crippen molar-refractivity contribution < 1.29 is 9.53 Å². The van der Waals surface area contributed by atoms with E-state index in [-0.39, 0.29) is 12.5 Å². The molecule has 0 radical (unpaired) electrons. The lowest BCUT2D eigenvalue weighted by molar-refractivity contribution is -0.124. The normalized spacial score (nSPS) is 13.4. The summed E-state index contributed by atoms with van der Waals surface area (Å²) in [7, 11) is 0. The van der Waals surface area contributed by atoms with Crippen molar-refractivity contribution in [1.29, 1.82) is 0 Å². The van der Waals surface area contributed by atoms with E-state index in [2.05, 4.69) is 17.3 Å². The Kier molecular flexibility index (Phi) is 4.90. The topological polar surface area (TPSA) is 38.3 Å². The fourth-order valence-electron chi connectivity index (χ4n) is 2.76. The fraction of sp³-hybridized carbons (Fsp3) is 0.500. The molecule has 1 aliphatic rings. The minimum absolute atomic E-state index is 0.00220. The van der Waals surface area contributed by atoms with Crippen LogP contribution in [-0.2, 0) is 17.6 Å². The van der Waals surface area contributed by atoms with Crippen LogP contribution in [-0.4, -0.2) is 18.1 Å². The van der Waals surface area contributed by atoms with Gasteiger partial charge >= 0.3 is 0 Å². The molecule has 0 saturated heterocycles. The number of fused-ring (bicyclic) bond motifs is 1. The van der Waals surface area contributed by atoms with Gasteiger partial charge in [-0.05, 0) is 55.4 Å². The second kappa shape index (κ2) is 6.67. The third-order valence-corrected chi connectivity index (χ3v) is 4.30. The molecule has 0 unspecified atom stereocenters. The molecule has 0 saturated carbocycles. The van der Waals surface area contributed by atoms with Gasteiger partial charge < -0.3 is 10.1 Å². The second-order valence-electron chi connectivity index (χ2n) is 5.55. The van der Waals surface area contributed by atoms with Gasteiger partial charge in [0.1, 0.15) is 11.3 Å². The maximum Gasteiger partial charge on any atom is 0.259 e. The zero-order valence-electron chi connectivity index (χ0n) is 12.9. The highest BCUT2D eigenvalue weighted by Crippen LogP contribution is 2.26. The Bertz CT molecular complexity index is 553. The molecule has 21 heavy (non-hydrogen) atoms. The lowest BCUT2D eigenvalue weighted by Gasteiger charge is -2.26. The average Bonchev–Trinajstić information content (AvgIpc) is 2.98. The molecule has 1 N–H and O–H groups in total. The lowest BCUT2D eigenvalue weighted by atomic mass is 9.94. The number of terminal acetylenes is 1. The van der Waals surface area contributed by atoms with Crippen LogP contribution >= 0.6 is 0 Å². The van der Waals surface area contributed by atoms with Crippen LogP contribution < -0.4 is 10.1 Å². The van der Waals surface area contributed by atoms with Gasteiger partial charge in [-0.25, -0.2) is 0 Å². The maximum atomic E-state index is 12.0. The van der Waals surface area contributed by atoms with Gasteiger partial charge in [0, 0.05) is 0 Å². The summed E-state index contributed by atoms with van der Waals surface area (Å²) in [6.45, 7) is 3.96. The van der Waals surface area contributed by atoms with Crippen LogP contribution in [0.15, 0.2) is 18.2 Å². The Morgan fingerprint density at radius 3 is 2.71 bits per heavy atom. The zero-order valence-corrected chi connectivity index (χ0v) is 12.9. The lowest BCUT2D eigenvalue weighted by Crippen LogP contribution is -2.48. The van der Waals surface area contributed by atoms with Crippen LogP contribution in [0, 0.1) is 12.3 Å². The molecule has 0 atom stereocenters. The van der Waals surface area contributed by atoms with E-state index in [9.17, 15) is 4.79 Å². The van der Waals surface area contributed by atoms with Crippen LogP contribution in [0.1, 0.15) is 44.2 Å². The van der Waals surface area contributed by atoms with Crippen LogP contribution in [0.25, 0.3) is 0 Å². The number of carbonyl (C=O) groups is 1. The fourth-order valence-corrected chi connectivity index (χ4v) is 2.76. The first-order chi connectivity index (χ1) is 10.1. The summed E-state index contributed by atoms with van der Waals surface area (Å²) in [5.74, 6) is 3.28. The molecule has 0 fully saturated rings. The molecule has 0 heterocycles. The van der Waals surface area contributed by atoms with Gasteiger partial charge in [0.2, 0.25) is 0 Å². The van der Waals surface area contributed by atoms with Gasteiger partial charge in [0.25, 0.3) is 5.91 Å². The summed E-state index contributed by atoms with van der Waals surface area (Å²) < 4.78 is 5.59. The standard InChI is InChI=1S/C18H23NO2/c1-4-18(5-2,6-3)19-17(20)13-21-16-11-10-14-8-7-9-15(14)12-16/h1,10-12H,5-9,13H2,2-3H3,(H,19,20). The number of ether oxygens (including phenoxy) is 1. The predicted molar refractivity (Wildman–Crippen MR) is 84.3 cm³/mol. The molecular weight excluding hydrogens is 262 g/mol. The number of hydrogen-bond acceptors (Lipinski definition) is 2. The Hall–Kier alpha value is -1.95. The number of rotatable bonds is 6. The first-order valence-corrected chi connectivity index (χ1v) is 7.66. The summed E-state index contributed by atoms with van der Waals surface area (Å²) in [5, 5.41) is 2.90. The van der Waals surface area contributed by atoms with E-state index in [4.69, 9.17) is 11.2 Å². The SMILES string of the molecule is C#CC(CC)(CC)NC(=O)COc1ccc2c(c1)CCC2. The highest BCUT2D eigenvalue weighted by atomic mass is 16.5. The molecule has 0 aliphatic heterocycles. The van der Waals surface area contributed by atoms with E-state index in [0.717, 1.165) is 18.6 Å². The van der Waals surface area contributed by atoms with Gasteiger partial charge in [0.05, 0.1) is 0 Å². The smallest absolute Gasteiger partial charge is 0.259 e. The number of carbonyl (C=O) groups excluding carboxylic acids is 1. The minimum Gasteiger partial charge on any atom is -0.484 e. The molecule has 0 spiro atoms. The molecular formula is C18H23NO2. The molecule has 0 aromatic heterocycles. The Morgan fingerprint density at radius 1 is 1.33 bits per heavy atom. The number of nitrogens with one attached hydrogen (secondary N) is 1. The summed E-state index contributed by atoms with van der Waals surface area (Å²) in [6.07, 6.45) is 10.4. The summed E-state index contributed by atoms with van der Waals surface area (Å²) in [6, 6.07) is 6.08. The van der Waals surface area contributed by atoms with Gasteiger partial charge in [-0.1, -0.05) is 25.8 Å². The molecule has 1 aliphatic carbocycles. The largest absolute Gasteiger partial charge is 0.484 e. The summed E-state index contributed by atoms with van der Waals surface area (Å²) in [5.41, 5.74) is 2.18. The minimum atomic E-state index is -0.557. The van der Waals surface area contributed by atoms with Crippen molar-refractivity contribution in [3.8, 4) is 18.1 Å². The van der Waals surface area contributed by atoms with Crippen LogP contribution in [0.5, 0.6) is 5.75 Å². The van der Waals surface area contributed by atoms with Crippen molar-refractivity contribution in [2.75, 3.05) is 6.61 Å². The van der Waals surface area contributed by atoms with E-state index in [0.29, 0.717) is 12.8 Å². The Balaban J connectivity index is 1.91. The number of benzene rings is 1. The summed E-state index contributed by atoms with van der Waals surface area (Å²) >= 11 is 0. The van der Waals surface area contributed by atoms with E-state index < -0.39 is 5.54 Å². The number of amides is 1. The molecule has 0 bridgehead atoms. The molecule has 2 rings (SSSR count). The number of hydrogen-bond donors (Lipinski definition) is 1. The van der Waals surface area contributed by atoms with Gasteiger partial charge in [-0.15, -0.1) is 6.42 Å². The monoisotopic (exact) mass is 285 g/mol. The quantitative estimate of drug-likeness (QED) is 0.816. The zero-order chi connectivity index (χ0) is 15.3. The van der Waals surface area contributed by atoms with Crippen molar-refractivity contribution in [3.05, 3.63) is 29.3 Å². The van der Waals surface area contributed by atoms with Crippen molar-refractivity contribution >= 4 is 5.91 Å². The molecule has 1 aromatic rings. The Morgan fingerprint density at radius 2 is 2.05 bits per heavy atom. The molecule has 1 aromatic carbocycles. The molecule has 112 valence electrons. The molecule has 3 nitrogen and oxygen atoms in total. The third kappa shape index (κ3) is 3.58. The van der Waals surface area contributed by atoms with Crippen LogP contribution in [0.2, 0.25) is 0 Å². The molecule has 1 amide bonds. The van der Waals surface area contributed by atoms with E-state index in [1.165, 1.54) is 17.5 Å². The third-order valence-electron chi connectivity index (χ3n) is 4.30. The van der Waals surface area contributed by atoms with Crippen LogP contribution in [0.3, 0.4) is 0 Å². The summed E-state index contributed by atoms with van der Waals surface area (Å²) in [4.78, 5) is 12.0. The van der Waals surface area contributed by atoms with E-state index in [1.807, 2.05) is 26.0 Å². The van der Waals surface area contributed by atoms with Gasteiger partial charge in [-0.3, -0.25) is 4.79 Å². The maximum absolute atomic E-state index is 12.0. The predicted octanol–water partition coefficient (Wildman–Crippen LogP) is 2.86. The first kappa shape index (κ1) is 15.4. The average molecular weight is 285 g/mol. The van der Waals surface area contributed by atoms with Crippen molar-refractivity contribution in [2.45, 2.75) is 51.5 Å². The van der Waals surface area contributed by atoms with E-state index in [1.54, 1.807) is 0 Å². The molecule has 3 heteroatoms. The van der Waals surface area contributed by atoms with Crippen LogP contribution in [0.4, 0.5) is 0 Å².